The van der Waals surface area contributed by atoms with Crippen LogP contribution in [0.3, 0.4) is 0 Å². The molecule has 0 fully saturated rings. The number of benzene rings is 6. The fourth-order valence-electron chi connectivity index (χ4n) is 8.27. The maximum atomic E-state index is 6.74. The van der Waals surface area contributed by atoms with Gasteiger partial charge in [0.1, 0.15) is 12.4 Å². The second-order valence-electron chi connectivity index (χ2n) is 17.6. The molecule has 0 aliphatic heterocycles. The van der Waals surface area contributed by atoms with Crippen LogP contribution in [0.15, 0.2) is 140 Å². The Morgan fingerprint density at radius 1 is 0.566 bits per heavy atom. The summed E-state index contributed by atoms with van der Waals surface area (Å²) in [5, 5.41) is 1.35. The molecule has 0 unspecified atom stereocenters. The first-order valence-electron chi connectivity index (χ1n) is 19.1. The van der Waals surface area contributed by atoms with Gasteiger partial charge < -0.3 is 4.74 Å². The van der Waals surface area contributed by atoms with Gasteiger partial charge in [-0.1, -0.05) is 194 Å². The Kier molecular flexibility index (Phi) is 9.49. The van der Waals surface area contributed by atoms with E-state index in [1.807, 2.05) is 6.08 Å². The highest BCUT2D eigenvalue weighted by Gasteiger charge is 2.44. The molecule has 1 nitrogen and oxygen atoms in total. The second kappa shape index (κ2) is 13.8. The Morgan fingerprint density at radius 3 is 1.55 bits per heavy atom. The molecule has 0 bridgehead atoms. The van der Waals surface area contributed by atoms with Crippen molar-refractivity contribution in [3.8, 4) is 50.3 Å². The molecule has 0 atom stereocenters. The SMILES string of the molecule is C=CCOc1c(-c2ccccc2)cc(C)cc1[Si](C)(C)C1c2cc(-c3cccc(C(C)(C)C)c3)ccc2-c2ccc(-c3cccc(C(C)(C)C)c3)cc21. The molecular formula is C51H54OSi. The zero-order chi connectivity index (χ0) is 37.7. The zero-order valence-corrected chi connectivity index (χ0v) is 34.1. The third kappa shape index (κ3) is 6.98. The Balaban J connectivity index is 1.47. The van der Waals surface area contributed by atoms with Gasteiger partial charge in [-0.25, -0.2) is 0 Å². The molecule has 2 heteroatoms. The summed E-state index contributed by atoms with van der Waals surface area (Å²) in [7, 11) is -2.43. The first-order chi connectivity index (χ1) is 25.2. The fraction of sp³-hybridized carbons (Fsp3) is 0.255. The predicted octanol–water partition coefficient (Wildman–Crippen LogP) is 13.4. The van der Waals surface area contributed by atoms with Gasteiger partial charge in [-0.15, -0.1) is 0 Å². The first-order valence-corrected chi connectivity index (χ1v) is 22.2. The Morgan fingerprint density at radius 2 is 1.06 bits per heavy atom. The van der Waals surface area contributed by atoms with Crippen LogP contribution in [0.1, 0.15) is 74.9 Å². The van der Waals surface area contributed by atoms with E-state index in [1.165, 1.54) is 71.9 Å². The number of rotatable bonds is 8. The largest absolute Gasteiger partial charge is 0.489 e. The van der Waals surface area contributed by atoms with Gasteiger partial charge in [-0.3, -0.25) is 0 Å². The van der Waals surface area contributed by atoms with Gasteiger partial charge in [0.25, 0.3) is 0 Å². The predicted molar refractivity (Wildman–Crippen MR) is 231 cm³/mol. The van der Waals surface area contributed by atoms with Gasteiger partial charge in [0.2, 0.25) is 0 Å². The van der Waals surface area contributed by atoms with E-state index in [9.17, 15) is 0 Å². The molecule has 268 valence electrons. The Bertz CT molecular complexity index is 2210. The maximum Gasteiger partial charge on any atom is 0.126 e. The van der Waals surface area contributed by atoms with Crippen molar-refractivity contribution in [1.82, 2.24) is 0 Å². The van der Waals surface area contributed by atoms with Gasteiger partial charge in [-0.05, 0) is 90.2 Å². The third-order valence-electron chi connectivity index (χ3n) is 11.2. The fourth-order valence-corrected chi connectivity index (χ4v) is 12.0. The normalized spacial score (nSPS) is 13.1. The van der Waals surface area contributed by atoms with Crippen LogP contribution in [-0.4, -0.2) is 14.7 Å². The Hall–Kier alpha value is -4.92. The molecule has 0 aromatic heterocycles. The summed E-state index contributed by atoms with van der Waals surface area (Å²) in [6.45, 7) is 25.6. The van der Waals surface area contributed by atoms with E-state index in [1.54, 1.807) is 0 Å². The molecule has 1 aliphatic carbocycles. The van der Waals surface area contributed by atoms with E-state index < -0.39 is 8.07 Å². The van der Waals surface area contributed by atoms with Crippen molar-refractivity contribution in [3.63, 3.8) is 0 Å². The molecule has 6 aromatic carbocycles. The van der Waals surface area contributed by atoms with E-state index in [0.717, 1.165) is 11.3 Å². The van der Waals surface area contributed by atoms with Gasteiger partial charge in [0.15, 0.2) is 0 Å². The van der Waals surface area contributed by atoms with Crippen molar-refractivity contribution in [2.24, 2.45) is 0 Å². The highest BCUT2D eigenvalue weighted by atomic mass is 28.3. The van der Waals surface area contributed by atoms with Crippen LogP contribution in [0.25, 0.3) is 44.5 Å². The summed E-state index contributed by atoms with van der Waals surface area (Å²) in [4.78, 5) is 0. The molecule has 1 aliphatic rings. The van der Waals surface area contributed by atoms with Crippen molar-refractivity contribution in [2.75, 3.05) is 6.61 Å². The first kappa shape index (κ1) is 36.4. The lowest BCUT2D eigenvalue weighted by molar-refractivity contribution is 0.367. The van der Waals surface area contributed by atoms with E-state index in [-0.39, 0.29) is 16.4 Å². The molecule has 0 amide bonds. The summed E-state index contributed by atoms with van der Waals surface area (Å²) in [6, 6.07) is 48.1. The van der Waals surface area contributed by atoms with Crippen LogP contribution in [0.5, 0.6) is 5.75 Å². The van der Waals surface area contributed by atoms with Crippen molar-refractivity contribution in [3.05, 3.63) is 168 Å². The van der Waals surface area contributed by atoms with Gasteiger partial charge in [0, 0.05) is 11.1 Å². The molecule has 0 heterocycles. The van der Waals surface area contributed by atoms with Crippen molar-refractivity contribution >= 4 is 13.3 Å². The van der Waals surface area contributed by atoms with E-state index in [4.69, 9.17) is 4.74 Å². The molecule has 0 saturated heterocycles. The summed E-state index contributed by atoms with van der Waals surface area (Å²) in [5.41, 5.74) is 17.3. The monoisotopic (exact) mass is 710 g/mol. The maximum absolute atomic E-state index is 6.74. The third-order valence-corrected chi connectivity index (χ3v) is 15.0. The lowest BCUT2D eigenvalue weighted by Gasteiger charge is -2.35. The summed E-state index contributed by atoms with van der Waals surface area (Å²) in [5.74, 6) is 0.997. The number of fused-ring (bicyclic) bond motifs is 3. The number of ether oxygens (including phenoxy) is 1. The molecule has 0 N–H and O–H groups in total. The number of hydrogen-bond donors (Lipinski definition) is 0. The van der Waals surface area contributed by atoms with Gasteiger partial charge in [0.05, 0.1) is 8.07 Å². The standard InChI is InChI=1S/C51H54OSi/c1-11-27-52-48-44(35-17-13-12-14-18-35)28-34(2)29-47(48)53(9,10)49-45-32-38(36-19-15-21-40(30-36)50(3,4)5)23-25-42(45)43-26-24-39(33-46(43)49)37-20-16-22-41(31-37)51(6,7)8/h11-26,28-33,49H,1,27H2,2-10H3. The van der Waals surface area contributed by atoms with Gasteiger partial charge >= 0.3 is 0 Å². The molecule has 0 radical (unpaired) electrons. The minimum Gasteiger partial charge on any atom is -0.489 e. The van der Waals surface area contributed by atoms with E-state index >= 15 is 0 Å². The van der Waals surface area contributed by atoms with Crippen LogP contribution >= 0.6 is 0 Å². The number of hydrogen-bond acceptors (Lipinski definition) is 1. The Labute approximate surface area is 319 Å². The zero-order valence-electron chi connectivity index (χ0n) is 33.1. The lowest BCUT2D eigenvalue weighted by atomic mass is 9.85. The van der Waals surface area contributed by atoms with Crippen molar-refractivity contribution < 1.29 is 4.74 Å². The summed E-state index contributed by atoms with van der Waals surface area (Å²) in [6.07, 6.45) is 1.86. The molecular weight excluding hydrogens is 657 g/mol. The van der Waals surface area contributed by atoms with Crippen LogP contribution in [0.2, 0.25) is 13.1 Å². The average Bonchev–Trinajstić information content (AvgIpc) is 3.47. The lowest BCUT2D eigenvalue weighted by Crippen LogP contribution is -2.48. The highest BCUT2D eigenvalue weighted by molar-refractivity contribution is 6.92. The van der Waals surface area contributed by atoms with Crippen LogP contribution in [-0.2, 0) is 10.8 Å². The summed E-state index contributed by atoms with van der Waals surface area (Å²) >= 11 is 0. The van der Waals surface area contributed by atoms with E-state index in [0.29, 0.717) is 6.61 Å². The smallest absolute Gasteiger partial charge is 0.126 e. The average molecular weight is 711 g/mol. The number of aryl methyl sites for hydroxylation is 1. The molecule has 6 aromatic rings. The molecule has 53 heavy (non-hydrogen) atoms. The quantitative estimate of drug-likeness (QED) is 0.113. The van der Waals surface area contributed by atoms with Crippen LogP contribution < -0.4 is 9.92 Å². The minimum atomic E-state index is -2.43. The van der Waals surface area contributed by atoms with Crippen molar-refractivity contribution in [2.45, 2.75) is 77.9 Å². The molecule has 7 rings (SSSR count). The van der Waals surface area contributed by atoms with E-state index in [2.05, 4.69) is 196 Å². The van der Waals surface area contributed by atoms with Crippen LogP contribution in [0.4, 0.5) is 0 Å². The van der Waals surface area contributed by atoms with Crippen LogP contribution in [0, 0.1) is 6.92 Å². The molecule has 0 spiro atoms. The second-order valence-corrected chi connectivity index (χ2v) is 22.1. The van der Waals surface area contributed by atoms with Crippen molar-refractivity contribution in [1.29, 1.82) is 0 Å². The topological polar surface area (TPSA) is 9.23 Å². The highest BCUT2D eigenvalue weighted by Crippen LogP contribution is 2.52. The van der Waals surface area contributed by atoms with Gasteiger partial charge in [-0.2, -0.15) is 0 Å². The minimum absolute atomic E-state index is 0.0740. The summed E-state index contributed by atoms with van der Waals surface area (Å²) < 4.78 is 6.74. The molecule has 0 saturated carbocycles.